The summed E-state index contributed by atoms with van der Waals surface area (Å²) in [5.74, 6) is 0.484. The fourth-order valence-electron chi connectivity index (χ4n) is 3.51. The van der Waals surface area contributed by atoms with Crippen molar-refractivity contribution >= 4 is 27.3 Å². The lowest BCUT2D eigenvalue weighted by Gasteiger charge is -2.28. The predicted molar refractivity (Wildman–Crippen MR) is 120 cm³/mol. The van der Waals surface area contributed by atoms with E-state index in [1.165, 1.54) is 5.56 Å². The number of nitrogens with zero attached hydrogens (tertiary/aromatic N) is 1. The number of carbonyl (C=O) groups excluding carboxylic acids is 1. The van der Waals surface area contributed by atoms with Crippen LogP contribution in [0.25, 0.3) is 0 Å². The van der Waals surface area contributed by atoms with Crippen molar-refractivity contribution in [1.82, 2.24) is 4.90 Å². The van der Waals surface area contributed by atoms with Crippen molar-refractivity contribution in [2.75, 3.05) is 18.1 Å². The van der Waals surface area contributed by atoms with Crippen LogP contribution in [-0.2, 0) is 26.6 Å². The second kappa shape index (κ2) is 8.98. The fraction of sp³-hybridized carbons (Fsp3) is 0.435. The molecule has 2 aromatic carbocycles. The van der Waals surface area contributed by atoms with E-state index in [0.717, 1.165) is 5.56 Å². The van der Waals surface area contributed by atoms with E-state index in [4.69, 9.17) is 16.3 Å². The maximum atomic E-state index is 13.0. The van der Waals surface area contributed by atoms with Crippen LogP contribution in [0.1, 0.15) is 38.3 Å². The van der Waals surface area contributed by atoms with Gasteiger partial charge in [-0.1, -0.05) is 56.6 Å². The second-order valence-electron chi connectivity index (χ2n) is 8.77. The molecule has 1 amide bonds. The first-order chi connectivity index (χ1) is 14.0. The third kappa shape index (κ3) is 5.99. The molecule has 30 heavy (non-hydrogen) atoms. The highest BCUT2D eigenvalue weighted by atomic mass is 35.5. The molecule has 5 nitrogen and oxygen atoms in total. The first-order valence-electron chi connectivity index (χ1n) is 10.0. The third-order valence-electron chi connectivity index (χ3n) is 5.32. The summed E-state index contributed by atoms with van der Waals surface area (Å²) < 4.78 is 29.7. The van der Waals surface area contributed by atoms with Crippen molar-refractivity contribution in [3.8, 4) is 5.75 Å². The van der Waals surface area contributed by atoms with Gasteiger partial charge < -0.3 is 9.64 Å². The molecule has 0 aliphatic carbocycles. The molecule has 7 heteroatoms. The Bertz CT molecular complexity index is 979. The molecule has 1 aliphatic rings. The lowest BCUT2D eigenvalue weighted by atomic mass is 9.87. The largest absolute Gasteiger partial charge is 0.484 e. The van der Waals surface area contributed by atoms with E-state index in [0.29, 0.717) is 23.7 Å². The number of amides is 1. The van der Waals surface area contributed by atoms with Crippen molar-refractivity contribution in [3.05, 3.63) is 64.7 Å². The molecule has 0 N–H and O–H groups in total. The summed E-state index contributed by atoms with van der Waals surface area (Å²) in [5.41, 5.74) is 2.12. The minimum absolute atomic E-state index is 0.00733. The van der Waals surface area contributed by atoms with Gasteiger partial charge in [-0.25, -0.2) is 8.42 Å². The number of rotatable bonds is 6. The lowest BCUT2D eigenvalue weighted by Crippen LogP contribution is -2.43. The molecular weight excluding hydrogens is 422 g/mol. The van der Waals surface area contributed by atoms with E-state index in [1.807, 2.05) is 36.4 Å². The Labute approximate surface area is 183 Å². The van der Waals surface area contributed by atoms with Crippen molar-refractivity contribution in [1.29, 1.82) is 0 Å². The first kappa shape index (κ1) is 22.6. The van der Waals surface area contributed by atoms with Gasteiger partial charge in [0.15, 0.2) is 16.4 Å². The summed E-state index contributed by atoms with van der Waals surface area (Å²) in [6.07, 6.45) is 0.446. The Morgan fingerprint density at radius 2 is 1.73 bits per heavy atom. The predicted octanol–water partition coefficient (Wildman–Crippen LogP) is 4.23. The molecule has 1 fully saturated rings. The molecule has 3 rings (SSSR count). The SMILES string of the molecule is CC(C)(C)c1ccc(OCC(=O)N(Cc2ccc(Cl)cc2)[C@H]2CCS(=O)(=O)C2)cc1. The van der Waals surface area contributed by atoms with Gasteiger partial charge in [-0.05, 0) is 47.2 Å². The van der Waals surface area contributed by atoms with Crippen LogP contribution < -0.4 is 4.74 Å². The summed E-state index contributed by atoms with van der Waals surface area (Å²) in [7, 11) is -3.11. The van der Waals surface area contributed by atoms with E-state index >= 15 is 0 Å². The molecule has 0 spiro atoms. The topological polar surface area (TPSA) is 63.7 Å². The molecule has 1 saturated heterocycles. The highest BCUT2D eigenvalue weighted by Gasteiger charge is 2.34. The van der Waals surface area contributed by atoms with Gasteiger partial charge in [0, 0.05) is 17.6 Å². The monoisotopic (exact) mass is 449 g/mol. The molecular formula is C23H28ClNO4S. The minimum atomic E-state index is -3.11. The molecule has 162 valence electrons. The summed E-state index contributed by atoms with van der Waals surface area (Å²) in [6, 6.07) is 14.6. The van der Waals surface area contributed by atoms with Crippen LogP contribution in [0.2, 0.25) is 5.02 Å². The number of sulfone groups is 1. The summed E-state index contributed by atoms with van der Waals surface area (Å²) in [5, 5.41) is 0.613. The molecule has 1 heterocycles. The lowest BCUT2D eigenvalue weighted by molar-refractivity contribution is -0.136. The van der Waals surface area contributed by atoms with E-state index in [2.05, 4.69) is 20.8 Å². The Morgan fingerprint density at radius 3 is 2.27 bits per heavy atom. The molecule has 0 radical (unpaired) electrons. The van der Waals surface area contributed by atoms with E-state index in [9.17, 15) is 13.2 Å². The Hall–Kier alpha value is -2.05. The van der Waals surface area contributed by atoms with Crippen LogP contribution in [0.5, 0.6) is 5.75 Å². The van der Waals surface area contributed by atoms with Crippen LogP contribution in [0, 0.1) is 0 Å². The fourth-order valence-corrected chi connectivity index (χ4v) is 5.36. The molecule has 1 atom stereocenters. The number of ether oxygens (including phenoxy) is 1. The molecule has 0 aromatic heterocycles. The van der Waals surface area contributed by atoms with Gasteiger partial charge in [0.05, 0.1) is 11.5 Å². The Morgan fingerprint density at radius 1 is 1.10 bits per heavy atom. The number of hydrogen-bond donors (Lipinski definition) is 0. The van der Waals surface area contributed by atoms with Crippen molar-refractivity contribution in [3.63, 3.8) is 0 Å². The highest BCUT2D eigenvalue weighted by molar-refractivity contribution is 7.91. The van der Waals surface area contributed by atoms with Gasteiger partial charge in [0.25, 0.3) is 5.91 Å². The van der Waals surface area contributed by atoms with E-state index < -0.39 is 9.84 Å². The number of hydrogen-bond acceptors (Lipinski definition) is 4. The molecule has 0 bridgehead atoms. The maximum Gasteiger partial charge on any atom is 0.261 e. The minimum Gasteiger partial charge on any atom is -0.484 e. The molecule has 0 saturated carbocycles. The van der Waals surface area contributed by atoms with Gasteiger partial charge in [0.2, 0.25) is 0 Å². The second-order valence-corrected chi connectivity index (χ2v) is 11.4. The van der Waals surface area contributed by atoms with Crippen LogP contribution in [0.15, 0.2) is 48.5 Å². The average Bonchev–Trinajstić information content (AvgIpc) is 3.04. The van der Waals surface area contributed by atoms with Crippen molar-refractivity contribution < 1.29 is 17.9 Å². The maximum absolute atomic E-state index is 13.0. The third-order valence-corrected chi connectivity index (χ3v) is 7.32. The highest BCUT2D eigenvalue weighted by Crippen LogP contribution is 2.25. The van der Waals surface area contributed by atoms with E-state index in [-0.39, 0.29) is 35.5 Å². The summed E-state index contributed by atoms with van der Waals surface area (Å²) >= 11 is 5.95. The Balaban J connectivity index is 1.70. The van der Waals surface area contributed by atoms with Gasteiger partial charge in [-0.3, -0.25) is 4.79 Å². The quantitative estimate of drug-likeness (QED) is 0.661. The van der Waals surface area contributed by atoms with Gasteiger partial charge in [-0.15, -0.1) is 0 Å². The number of benzene rings is 2. The molecule has 0 unspecified atom stereocenters. The van der Waals surface area contributed by atoms with Crippen molar-refractivity contribution in [2.24, 2.45) is 0 Å². The van der Waals surface area contributed by atoms with Gasteiger partial charge >= 0.3 is 0 Å². The van der Waals surface area contributed by atoms with Crippen molar-refractivity contribution in [2.45, 2.75) is 45.2 Å². The molecule has 1 aliphatic heterocycles. The zero-order valence-corrected chi connectivity index (χ0v) is 19.2. The standard InChI is InChI=1S/C23H28ClNO4S/c1-23(2,3)18-6-10-21(11-7-18)29-15-22(26)25(20-12-13-30(27,28)16-20)14-17-4-8-19(24)9-5-17/h4-11,20H,12-16H2,1-3H3/t20-/m0/s1. The van der Waals surface area contributed by atoms with Gasteiger partial charge in [-0.2, -0.15) is 0 Å². The summed E-state index contributed by atoms with van der Waals surface area (Å²) in [6.45, 7) is 6.59. The smallest absolute Gasteiger partial charge is 0.261 e. The van der Waals surface area contributed by atoms with E-state index in [1.54, 1.807) is 17.0 Å². The zero-order valence-electron chi connectivity index (χ0n) is 17.6. The normalized spacial score (nSPS) is 18.2. The zero-order chi connectivity index (χ0) is 21.9. The van der Waals surface area contributed by atoms with Crippen LogP contribution >= 0.6 is 11.6 Å². The van der Waals surface area contributed by atoms with Crippen LogP contribution in [-0.4, -0.2) is 43.4 Å². The van der Waals surface area contributed by atoms with Gasteiger partial charge in [0.1, 0.15) is 5.75 Å². The number of halogens is 1. The number of carbonyl (C=O) groups is 1. The van der Waals surface area contributed by atoms with Crippen LogP contribution in [0.4, 0.5) is 0 Å². The first-order valence-corrected chi connectivity index (χ1v) is 12.2. The average molecular weight is 450 g/mol. The molecule has 2 aromatic rings. The Kier molecular flexibility index (Phi) is 6.78. The van der Waals surface area contributed by atoms with Crippen LogP contribution in [0.3, 0.4) is 0 Å². The summed E-state index contributed by atoms with van der Waals surface area (Å²) in [4.78, 5) is 14.6.